The highest BCUT2D eigenvalue weighted by atomic mass is 15.0. The van der Waals surface area contributed by atoms with Gasteiger partial charge in [0.05, 0.1) is 33.1 Å². The van der Waals surface area contributed by atoms with Crippen LogP contribution in [0.3, 0.4) is 0 Å². The second-order valence-corrected chi connectivity index (χ2v) is 25.1. The molecule has 0 saturated carbocycles. The van der Waals surface area contributed by atoms with E-state index in [1.807, 2.05) is 74.4 Å². The molecular formula is C90H60N12. The summed E-state index contributed by atoms with van der Waals surface area (Å²) < 4.78 is 12.9. The van der Waals surface area contributed by atoms with Gasteiger partial charge in [-0.2, -0.15) is 0 Å². The van der Waals surface area contributed by atoms with E-state index in [0.29, 0.717) is 0 Å². The Labute approximate surface area is 582 Å². The molecule has 24 rings (SSSR count). The number of rotatable bonds is 0. The van der Waals surface area contributed by atoms with E-state index < -0.39 is 0 Å². The quantitative estimate of drug-likeness (QED) is 0.140. The Morgan fingerprint density at radius 3 is 0.392 bits per heavy atom. The summed E-state index contributed by atoms with van der Waals surface area (Å²) in [5.41, 5.74) is 13.4. The largest absolute Gasteiger partial charge is 0.299 e. The zero-order valence-electron chi connectivity index (χ0n) is 55.0. The Hall–Kier alpha value is -14.1. The predicted molar refractivity (Wildman–Crippen MR) is 421 cm³/mol. The molecule has 0 amide bonds. The van der Waals surface area contributed by atoms with Crippen molar-refractivity contribution in [1.29, 1.82) is 0 Å². The van der Waals surface area contributed by atoms with Crippen LogP contribution in [-0.2, 0) is 0 Å². The molecule has 12 nitrogen and oxygen atoms in total. The van der Waals surface area contributed by atoms with Gasteiger partial charge in [-0.05, 0) is 68.7 Å². The fourth-order valence-corrected chi connectivity index (χ4v) is 15.1. The third-order valence-corrected chi connectivity index (χ3v) is 19.6. The molecule has 0 saturated heterocycles. The van der Waals surface area contributed by atoms with E-state index in [9.17, 15) is 0 Å². The van der Waals surface area contributed by atoms with Crippen molar-refractivity contribution in [3.05, 3.63) is 366 Å². The van der Waals surface area contributed by atoms with Gasteiger partial charge < -0.3 is 0 Å². The number of pyridine rings is 6. The fraction of sp³-hybridized carbons (Fsp3) is 0. The maximum absolute atomic E-state index is 4.46. The summed E-state index contributed by atoms with van der Waals surface area (Å²) in [6.07, 6.45) is 23.2. The van der Waals surface area contributed by atoms with Gasteiger partial charge >= 0.3 is 0 Å². The van der Waals surface area contributed by atoms with Gasteiger partial charge in [0.2, 0.25) is 0 Å². The van der Waals surface area contributed by atoms with E-state index in [-0.39, 0.29) is 0 Å². The van der Waals surface area contributed by atoms with Gasteiger partial charge in [-0.1, -0.05) is 255 Å². The standard InChI is InChI=1S/6C15H10N2/c6*1-2-7-13-11(5-1)12-6-3-4-8-14(12)17-10-9-16-15(13)17/h6*1-10H. The second-order valence-electron chi connectivity index (χ2n) is 25.1. The van der Waals surface area contributed by atoms with Gasteiger partial charge in [0.15, 0.2) is 0 Å². The number of fused-ring (bicyclic) bond motifs is 36. The van der Waals surface area contributed by atoms with E-state index in [1.165, 1.54) is 130 Å². The molecule has 0 radical (unpaired) electrons. The van der Waals surface area contributed by atoms with E-state index in [4.69, 9.17) is 0 Å². The Bertz CT molecular complexity index is 5770. The van der Waals surface area contributed by atoms with Crippen LogP contribution < -0.4 is 0 Å². The van der Waals surface area contributed by atoms with Crippen molar-refractivity contribution < 1.29 is 0 Å². The number of hydrogen-bond acceptors (Lipinski definition) is 6. The lowest BCUT2D eigenvalue weighted by atomic mass is 10.1. The Morgan fingerprint density at radius 1 is 0.127 bits per heavy atom. The lowest BCUT2D eigenvalue weighted by Gasteiger charge is -2.07. The number of hydrogen-bond donors (Lipinski definition) is 0. The Balaban J connectivity index is 0.0000000847. The molecule has 0 bridgehead atoms. The van der Waals surface area contributed by atoms with E-state index in [0.717, 1.165) is 33.9 Å². The van der Waals surface area contributed by atoms with Gasteiger partial charge in [0.25, 0.3) is 0 Å². The van der Waals surface area contributed by atoms with Crippen LogP contribution in [0, 0.1) is 0 Å². The van der Waals surface area contributed by atoms with Crippen molar-refractivity contribution in [3.8, 4) is 0 Å². The maximum Gasteiger partial charge on any atom is 0.145 e. The summed E-state index contributed by atoms with van der Waals surface area (Å²) >= 11 is 0. The highest BCUT2D eigenvalue weighted by Gasteiger charge is 2.14. The minimum Gasteiger partial charge on any atom is -0.299 e. The molecule has 24 aromatic rings. The highest BCUT2D eigenvalue weighted by Crippen LogP contribution is 2.35. The summed E-state index contributed by atoms with van der Waals surface area (Å²) in [4.78, 5) is 26.8. The number of aromatic nitrogens is 12. The van der Waals surface area contributed by atoms with Crippen molar-refractivity contribution in [2.24, 2.45) is 0 Å². The first-order valence-corrected chi connectivity index (χ1v) is 34.1. The monoisotopic (exact) mass is 1310 g/mol. The van der Waals surface area contributed by atoms with Crippen molar-refractivity contribution in [2.45, 2.75) is 0 Å². The predicted octanol–water partition coefficient (Wildman–Crippen LogP) is 21.8. The summed E-state index contributed by atoms with van der Waals surface area (Å²) in [6.45, 7) is 0. The van der Waals surface area contributed by atoms with Crippen LogP contribution in [0.4, 0.5) is 0 Å². The molecular weight excluding hydrogens is 1250 g/mol. The minimum absolute atomic E-state index is 1.03. The van der Waals surface area contributed by atoms with Crippen molar-refractivity contribution >= 4 is 164 Å². The van der Waals surface area contributed by atoms with E-state index in [1.54, 1.807) is 0 Å². The summed E-state index contributed by atoms with van der Waals surface area (Å²) in [6, 6.07) is 101. The van der Waals surface area contributed by atoms with Crippen LogP contribution >= 0.6 is 0 Å². The fourth-order valence-electron chi connectivity index (χ4n) is 15.1. The Kier molecular flexibility index (Phi) is 14.6. The molecule has 0 spiro atoms. The molecule has 12 heteroatoms. The molecule has 0 aliphatic rings. The third kappa shape index (κ3) is 9.91. The Morgan fingerprint density at radius 2 is 0.245 bits per heavy atom. The molecule has 0 aliphatic heterocycles. The summed E-state index contributed by atoms with van der Waals surface area (Å²) in [5.74, 6) is 0. The van der Waals surface area contributed by atoms with Crippen LogP contribution in [-0.4, -0.2) is 56.3 Å². The van der Waals surface area contributed by atoms with Crippen LogP contribution in [0.25, 0.3) is 164 Å². The average Bonchev–Trinajstić information content (AvgIpc) is 1.48. The second kappa shape index (κ2) is 25.1. The topological polar surface area (TPSA) is 104 Å². The lowest BCUT2D eigenvalue weighted by molar-refractivity contribution is 1.27. The summed E-state index contributed by atoms with van der Waals surface area (Å²) in [5, 5.41) is 22.5. The van der Waals surface area contributed by atoms with Gasteiger partial charge in [0, 0.05) is 139 Å². The van der Waals surface area contributed by atoms with Crippen LogP contribution in [0.5, 0.6) is 0 Å². The number of benzene rings is 12. The zero-order valence-corrected chi connectivity index (χ0v) is 55.0. The number of nitrogens with zero attached hydrogens (tertiary/aromatic N) is 12. The SMILES string of the molecule is c1ccc2c(c1)c1ccccc1n1ccnc21.c1ccc2c(c1)c1ccccc1n1ccnc21.c1ccc2c(c1)c1ccccc1n1ccnc21.c1ccc2c(c1)c1ccccc1n1ccnc21.c1ccc2c(c1)c1ccccc1n1ccnc21.c1ccc2c(c1)c1ccccc1n1ccnc21. The molecule has 0 unspecified atom stereocenters. The molecule has 12 aromatic heterocycles. The van der Waals surface area contributed by atoms with Gasteiger partial charge in [0.1, 0.15) is 33.9 Å². The van der Waals surface area contributed by atoms with Gasteiger partial charge in [-0.3, -0.25) is 26.4 Å². The molecule has 12 heterocycles. The molecule has 12 aromatic carbocycles. The minimum atomic E-state index is 1.03. The lowest BCUT2D eigenvalue weighted by Crippen LogP contribution is -1.89. The molecule has 0 N–H and O–H groups in total. The van der Waals surface area contributed by atoms with Gasteiger partial charge in [-0.25, -0.2) is 29.9 Å². The van der Waals surface area contributed by atoms with Crippen molar-refractivity contribution in [1.82, 2.24) is 56.3 Å². The van der Waals surface area contributed by atoms with Crippen LogP contribution in [0.1, 0.15) is 0 Å². The van der Waals surface area contributed by atoms with E-state index in [2.05, 4.69) is 347 Å². The van der Waals surface area contributed by atoms with Crippen LogP contribution in [0.15, 0.2) is 366 Å². The first kappa shape index (κ1) is 59.2. The van der Waals surface area contributed by atoms with Crippen molar-refractivity contribution in [2.75, 3.05) is 0 Å². The van der Waals surface area contributed by atoms with Crippen molar-refractivity contribution in [3.63, 3.8) is 0 Å². The van der Waals surface area contributed by atoms with E-state index >= 15 is 0 Å². The maximum atomic E-state index is 4.46. The summed E-state index contributed by atoms with van der Waals surface area (Å²) in [7, 11) is 0. The molecule has 0 aliphatic carbocycles. The molecule has 0 fully saturated rings. The van der Waals surface area contributed by atoms with Gasteiger partial charge in [-0.15, -0.1) is 0 Å². The highest BCUT2D eigenvalue weighted by molar-refractivity contribution is 6.16. The normalized spacial score (nSPS) is 11.5. The average molecular weight is 1310 g/mol. The molecule has 0 atom stereocenters. The first-order chi connectivity index (χ1) is 50.7. The number of imidazole rings is 6. The third-order valence-electron chi connectivity index (χ3n) is 19.6. The smallest absolute Gasteiger partial charge is 0.145 e. The number of para-hydroxylation sites is 6. The molecule has 480 valence electrons. The van der Waals surface area contributed by atoms with Crippen LogP contribution in [0.2, 0.25) is 0 Å². The first-order valence-electron chi connectivity index (χ1n) is 34.1. The molecule has 102 heavy (non-hydrogen) atoms. The zero-order chi connectivity index (χ0) is 67.5.